The maximum absolute atomic E-state index is 12.9. The van der Waals surface area contributed by atoms with Crippen molar-refractivity contribution in [3.8, 4) is 11.8 Å². The smallest absolute Gasteiger partial charge is 0.252 e. The molecule has 0 spiro atoms. The van der Waals surface area contributed by atoms with Crippen molar-refractivity contribution >= 4 is 27.8 Å². The zero-order valence-electron chi connectivity index (χ0n) is 22.6. The van der Waals surface area contributed by atoms with Gasteiger partial charge in [-0.15, -0.1) is 5.92 Å². The van der Waals surface area contributed by atoms with Gasteiger partial charge in [-0.2, -0.15) is 5.10 Å². The lowest BCUT2D eigenvalue weighted by molar-refractivity contribution is 0.103. The first-order chi connectivity index (χ1) is 17.8. The summed E-state index contributed by atoms with van der Waals surface area (Å²) in [6, 6.07) is 10.4. The maximum atomic E-state index is 12.9. The first kappa shape index (κ1) is 25.0. The van der Waals surface area contributed by atoms with E-state index in [9.17, 15) is 4.79 Å². The van der Waals surface area contributed by atoms with Crippen LogP contribution in [0.4, 0.5) is 5.69 Å². The van der Waals surface area contributed by atoms with E-state index in [0.717, 1.165) is 58.7 Å². The number of benzene rings is 1. The predicted molar refractivity (Wildman–Crippen MR) is 149 cm³/mol. The van der Waals surface area contributed by atoms with Gasteiger partial charge in [-0.1, -0.05) is 25.0 Å². The van der Waals surface area contributed by atoms with E-state index in [1.54, 1.807) is 17.7 Å². The van der Waals surface area contributed by atoms with Crippen LogP contribution in [0.15, 0.2) is 41.3 Å². The predicted octanol–water partition coefficient (Wildman–Crippen LogP) is 4.06. The molecule has 0 saturated carbocycles. The van der Waals surface area contributed by atoms with Gasteiger partial charge in [-0.25, -0.2) is 9.97 Å². The van der Waals surface area contributed by atoms with Crippen LogP contribution in [0.3, 0.4) is 0 Å². The highest BCUT2D eigenvalue weighted by Crippen LogP contribution is 2.34. The average molecular weight is 498 g/mol. The summed E-state index contributed by atoms with van der Waals surface area (Å²) in [4.78, 5) is 27.7. The standard InChI is InChI=1S/C29H35N7O/c1-7-9-14-34-18-26-29(32-34)25(15-27(37)33(26)6)35-17-22(8-2)36(16-19(35)3)21(5)28-20(4)30-23-12-10-11-13-24(23)31-28/h10-13,15,18-19,21-22H,8,14,16-17H2,1-6H3/t19-,21-,22+/m0/s1. The van der Waals surface area contributed by atoms with E-state index in [-0.39, 0.29) is 17.6 Å². The molecule has 0 unspecified atom stereocenters. The number of fused-ring (bicyclic) bond motifs is 2. The van der Waals surface area contributed by atoms with Gasteiger partial charge in [0, 0.05) is 38.3 Å². The van der Waals surface area contributed by atoms with Crippen LogP contribution in [0.25, 0.3) is 22.1 Å². The minimum absolute atomic E-state index is 0.0262. The fourth-order valence-electron chi connectivity index (χ4n) is 5.59. The van der Waals surface area contributed by atoms with Gasteiger partial charge in [0.05, 0.1) is 45.9 Å². The van der Waals surface area contributed by atoms with Gasteiger partial charge in [-0.05, 0) is 46.2 Å². The Morgan fingerprint density at radius 2 is 1.89 bits per heavy atom. The summed E-state index contributed by atoms with van der Waals surface area (Å²) in [5, 5.41) is 4.84. The molecule has 37 heavy (non-hydrogen) atoms. The number of pyridine rings is 1. The van der Waals surface area contributed by atoms with Crippen molar-refractivity contribution in [2.45, 2.75) is 65.7 Å². The third-order valence-corrected chi connectivity index (χ3v) is 7.69. The summed E-state index contributed by atoms with van der Waals surface area (Å²) in [5.74, 6) is 5.99. The molecule has 1 fully saturated rings. The van der Waals surface area contributed by atoms with Crippen molar-refractivity contribution in [2.75, 3.05) is 18.0 Å². The highest BCUT2D eigenvalue weighted by molar-refractivity contribution is 5.88. The van der Waals surface area contributed by atoms with Crippen molar-refractivity contribution < 1.29 is 0 Å². The molecule has 1 aliphatic rings. The molecular weight excluding hydrogens is 462 g/mol. The topological polar surface area (TPSA) is 72.1 Å². The first-order valence-corrected chi connectivity index (χ1v) is 13.0. The maximum Gasteiger partial charge on any atom is 0.252 e. The van der Waals surface area contributed by atoms with Crippen LogP contribution in [0, 0.1) is 18.8 Å². The number of hydrogen-bond acceptors (Lipinski definition) is 6. The Kier molecular flexibility index (Phi) is 6.74. The Morgan fingerprint density at radius 3 is 2.59 bits per heavy atom. The molecule has 8 heteroatoms. The number of rotatable bonds is 5. The number of para-hydroxylation sites is 2. The zero-order chi connectivity index (χ0) is 26.3. The Bertz CT molecular complexity index is 1570. The zero-order valence-corrected chi connectivity index (χ0v) is 22.6. The van der Waals surface area contributed by atoms with E-state index in [4.69, 9.17) is 15.1 Å². The van der Waals surface area contributed by atoms with Crippen LogP contribution in [0.2, 0.25) is 0 Å². The molecule has 0 N–H and O–H groups in total. The summed E-state index contributed by atoms with van der Waals surface area (Å²) in [7, 11) is 1.80. The van der Waals surface area contributed by atoms with Crippen molar-refractivity contribution in [1.29, 1.82) is 0 Å². The highest BCUT2D eigenvalue weighted by atomic mass is 16.1. The molecule has 5 rings (SSSR count). The minimum atomic E-state index is -0.0262. The Labute approximate surface area is 217 Å². The van der Waals surface area contributed by atoms with Crippen molar-refractivity contribution in [3.63, 3.8) is 0 Å². The second-order valence-electron chi connectivity index (χ2n) is 10.0. The van der Waals surface area contributed by atoms with Crippen LogP contribution in [0.5, 0.6) is 0 Å². The molecular formula is C29H35N7O. The largest absolute Gasteiger partial charge is 0.364 e. The van der Waals surface area contributed by atoms with E-state index in [1.165, 1.54) is 0 Å². The van der Waals surface area contributed by atoms with E-state index in [0.29, 0.717) is 12.6 Å². The fraction of sp³-hybridized carbons (Fsp3) is 0.448. The Hall–Kier alpha value is -3.70. The summed E-state index contributed by atoms with van der Waals surface area (Å²) >= 11 is 0. The number of aryl methyl sites for hydroxylation is 2. The van der Waals surface area contributed by atoms with Crippen LogP contribution < -0.4 is 10.5 Å². The normalized spacial score (nSPS) is 19.2. The highest BCUT2D eigenvalue weighted by Gasteiger charge is 2.36. The molecule has 192 valence electrons. The van der Waals surface area contributed by atoms with Gasteiger partial charge >= 0.3 is 0 Å². The van der Waals surface area contributed by atoms with Crippen LogP contribution >= 0.6 is 0 Å². The summed E-state index contributed by atoms with van der Waals surface area (Å²) in [5.41, 5.74) is 6.43. The SMILES string of the molecule is CC#CCn1cc2c(n1)c(N1C[C@@H](CC)N([C@@H](C)c3nc4ccccc4nc3C)C[C@@H]1C)cc(=O)n2C. The first-order valence-electron chi connectivity index (χ1n) is 13.0. The van der Waals surface area contributed by atoms with Gasteiger partial charge in [0.1, 0.15) is 12.1 Å². The lowest BCUT2D eigenvalue weighted by Gasteiger charge is -2.48. The van der Waals surface area contributed by atoms with E-state index in [2.05, 4.69) is 49.3 Å². The molecule has 0 aliphatic carbocycles. The molecule has 4 aromatic rings. The third kappa shape index (κ3) is 4.49. The molecule has 3 aromatic heterocycles. The molecule has 0 amide bonds. The van der Waals surface area contributed by atoms with Gasteiger partial charge in [0.25, 0.3) is 5.56 Å². The van der Waals surface area contributed by atoms with E-state index < -0.39 is 0 Å². The number of anilines is 1. The molecule has 3 atom stereocenters. The molecule has 1 saturated heterocycles. The molecule has 1 aliphatic heterocycles. The lowest BCUT2D eigenvalue weighted by atomic mass is 9.99. The molecule has 1 aromatic carbocycles. The number of nitrogens with zero attached hydrogens (tertiary/aromatic N) is 7. The van der Waals surface area contributed by atoms with Crippen LogP contribution in [-0.2, 0) is 13.6 Å². The quantitative estimate of drug-likeness (QED) is 0.387. The van der Waals surface area contributed by atoms with Crippen molar-refractivity contribution in [2.24, 2.45) is 7.05 Å². The second kappa shape index (κ2) is 9.98. The van der Waals surface area contributed by atoms with E-state index >= 15 is 0 Å². The van der Waals surface area contributed by atoms with Crippen molar-refractivity contribution in [1.82, 2.24) is 29.2 Å². The van der Waals surface area contributed by atoms with E-state index in [1.807, 2.05) is 42.1 Å². The van der Waals surface area contributed by atoms with Gasteiger partial charge in [0.15, 0.2) is 0 Å². The Morgan fingerprint density at radius 1 is 1.16 bits per heavy atom. The molecule has 0 radical (unpaired) electrons. The molecule has 8 nitrogen and oxygen atoms in total. The van der Waals surface area contributed by atoms with Gasteiger partial charge in [-0.3, -0.25) is 14.4 Å². The Balaban J connectivity index is 1.49. The number of aromatic nitrogens is 5. The lowest BCUT2D eigenvalue weighted by Crippen LogP contribution is -2.58. The van der Waals surface area contributed by atoms with Crippen LogP contribution in [0.1, 0.15) is 51.5 Å². The number of hydrogen-bond donors (Lipinski definition) is 0. The number of piperazine rings is 1. The molecule has 0 bridgehead atoms. The monoisotopic (exact) mass is 497 g/mol. The third-order valence-electron chi connectivity index (χ3n) is 7.69. The van der Waals surface area contributed by atoms with Gasteiger partial charge < -0.3 is 9.47 Å². The summed E-state index contributed by atoms with van der Waals surface area (Å²) in [6.07, 6.45) is 2.91. The van der Waals surface area contributed by atoms with Gasteiger partial charge in [0.2, 0.25) is 0 Å². The summed E-state index contributed by atoms with van der Waals surface area (Å²) in [6.45, 7) is 12.7. The summed E-state index contributed by atoms with van der Waals surface area (Å²) < 4.78 is 3.49. The fourth-order valence-corrected chi connectivity index (χ4v) is 5.59. The minimum Gasteiger partial charge on any atom is -0.364 e. The molecule has 4 heterocycles. The average Bonchev–Trinajstić information content (AvgIpc) is 3.33. The van der Waals surface area contributed by atoms with Crippen LogP contribution in [-0.4, -0.2) is 54.4 Å². The second-order valence-corrected chi connectivity index (χ2v) is 10.0. The van der Waals surface area contributed by atoms with Crippen molar-refractivity contribution in [3.05, 3.63) is 58.3 Å².